The van der Waals surface area contributed by atoms with Crippen molar-refractivity contribution in [1.82, 2.24) is 0 Å². The van der Waals surface area contributed by atoms with Gasteiger partial charge in [0.25, 0.3) is 0 Å². The lowest BCUT2D eigenvalue weighted by Crippen LogP contribution is -2.20. The fourth-order valence-electron chi connectivity index (χ4n) is 2.31. The highest BCUT2D eigenvalue weighted by Crippen LogP contribution is 2.35. The number of hydrogen-bond donors (Lipinski definition) is 2. The van der Waals surface area contributed by atoms with E-state index in [1.807, 2.05) is 37.3 Å². The number of hydrogen-bond acceptors (Lipinski definition) is 2. The van der Waals surface area contributed by atoms with Crippen LogP contribution in [0.3, 0.4) is 0 Å². The third-order valence-corrected chi connectivity index (χ3v) is 3.43. The highest BCUT2D eigenvalue weighted by atomic mass is 16.3. The van der Waals surface area contributed by atoms with Crippen LogP contribution in [0.5, 0.6) is 11.5 Å². The minimum atomic E-state index is -0.282. The van der Waals surface area contributed by atoms with E-state index in [1.54, 1.807) is 24.3 Å². The number of benzene rings is 2. The number of phenolic OH excluding ortho intramolecular Hbond substituents is 2. The molecule has 0 saturated carbocycles. The molecule has 2 aromatic rings. The zero-order chi connectivity index (χ0) is 13.9. The van der Waals surface area contributed by atoms with E-state index in [1.165, 1.54) is 0 Å². The topological polar surface area (TPSA) is 40.5 Å². The number of allylic oxidation sites excluding steroid dienone is 2. The maximum atomic E-state index is 9.41. The highest BCUT2D eigenvalue weighted by Gasteiger charge is 2.25. The van der Waals surface area contributed by atoms with Crippen LogP contribution in [0.15, 0.2) is 60.7 Å². The van der Waals surface area contributed by atoms with Crippen molar-refractivity contribution < 1.29 is 10.2 Å². The number of phenols is 2. The summed E-state index contributed by atoms with van der Waals surface area (Å²) in [4.78, 5) is 0. The Bertz CT molecular complexity index is 520. The second-order valence-electron chi connectivity index (χ2n) is 4.80. The fourth-order valence-corrected chi connectivity index (χ4v) is 2.31. The van der Waals surface area contributed by atoms with E-state index in [0.29, 0.717) is 0 Å². The van der Waals surface area contributed by atoms with Crippen molar-refractivity contribution in [3.63, 3.8) is 0 Å². The summed E-state index contributed by atoms with van der Waals surface area (Å²) >= 11 is 0. The zero-order valence-electron chi connectivity index (χ0n) is 11.2. The van der Waals surface area contributed by atoms with E-state index >= 15 is 0 Å². The second-order valence-corrected chi connectivity index (χ2v) is 4.80. The van der Waals surface area contributed by atoms with Crippen LogP contribution in [0, 0.1) is 0 Å². The van der Waals surface area contributed by atoms with Gasteiger partial charge in [0.2, 0.25) is 0 Å². The lowest BCUT2D eigenvalue weighted by atomic mass is 9.76. The fraction of sp³-hybridized carbons (Fsp3) is 0.176. The van der Waals surface area contributed by atoms with Crippen LogP contribution in [0.1, 0.15) is 25.0 Å². The Morgan fingerprint density at radius 2 is 1.16 bits per heavy atom. The molecule has 0 aliphatic carbocycles. The number of rotatable bonds is 3. The molecule has 0 unspecified atom stereocenters. The molecule has 0 spiro atoms. The summed E-state index contributed by atoms with van der Waals surface area (Å²) in [5, 5.41) is 18.8. The Hall–Kier alpha value is -2.22. The van der Waals surface area contributed by atoms with Crippen molar-refractivity contribution >= 4 is 0 Å². The third-order valence-electron chi connectivity index (χ3n) is 3.43. The van der Waals surface area contributed by atoms with Crippen molar-refractivity contribution in [1.29, 1.82) is 0 Å². The van der Waals surface area contributed by atoms with Crippen LogP contribution in [0.2, 0.25) is 0 Å². The Balaban J connectivity index is 2.54. The molecule has 0 aliphatic heterocycles. The predicted octanol–water partition coefficient (Wildman–Crippen LogP) is 3.98. The van der Waals surface area contributed by atoms with E-state index in [0.717, 1.165) is 11.1 Å². The van der Waals surface area contributed by atoms with Gasteiger partial charge in [-0.2, -0.15) is 0 Å². The van der Waals surface area contributed by atoms with Crippen LogP contribution < -0.4 is 0 Å². The quantitative estimate of drug-likeness (QED) is 0.813. The van der Waals surface area contributed by atoms with E-state index in [-0.39, 0.29) is 16.9 Å². The SMILES string of the molecule is C/C=C/C(C)(c1ccc(O)cc1)c1ccc(O)cc1. The lowest BCUT2D eigenvalue weighted by molar-refractivity contribution is 0.474. The summed E-state index contributed by atoms with van der Waals surface area (Å²) in [7, 11) is 0. The van der Waals surface area contributed by atoms with Gasteiger partial charge >= 0.3 is 0 Å². The first kappa shape index (κ1) is 13.2. The standard InChI is InChI=1S/C17H18O2/c1-3-12-17(2,13-4-8-15(18)9-5-13)14-6-10-16(19)11-7-14/h3-12,18-19H,1-2H3/b12-3+. The van der Waals surface area contributed by atoms with Crippen molar-refractivity contribution in [2.24, 2.45) is 0 Å². The number of aromatic hydroxyl groups is 2. The summed E-state index contributed by atoms with van der Waals surface area (Å²) in [6, 6.07) is 14.4. The van der Waals surface area contributed by atoms with Crippen LogP contribution in [-0.4, -0.2) is 10.2 Å². The monoisotopic (exact) mass is 254 g/mol. The largest absolute Gasteiger partial charge is 0.508 e. The molecule has 0 aromatic heterocycles. The van der Waals surface area contributed by atoms with Gasteiger partial charge in [0, 0.05) is 5.41 Å². The molecule has 0 atom stereocenters. The molecule has 0 aliphatic rings. The molecule has 0 fully saturated rings. The summed E-state index contributed by atoms with van der Waals surface area (Å²) in [6.45, 7) is 4.10. The maximum Gasteiger partial charge on any atom is 0.115 e. The molecule has 0 heterocycles. The van der Waals surface area contributed by atoms with Gasteiger partial charge in [0.15, 0.2) is 0 Å². The van der Waals surface area contributed by atoms with Crippen LogP contribution >= 0.6 is 0 Å². The predicted molar refractivity (Wildman–Crippen MR) is 77.5 cm³/mol. The van der Waals surface area contributed by atoms with Gasteiger partial charge < -0.3 is 10.2 Å². The van der Waals surface area contributed by atoms with E-state index in [4.69, 9.17) is 0 Å². The maximum absolute atomic E-state index is 9.41. The van der Waals surface area contributed by atoms with E-state index < -0.39 is 0 Å². The molecule has 0 bridgehead atoms. The van der Waals surface area contributed by atoms with Gasteiger partial charge in [0.05, 0.1) is 0 Å². The average Bonchev–Trinajstić information content (AvgIpc) is 2.40. The van der Waals surface area contributed by atoms with Gasteiger partial charge in [-0.25, -0.2) is 0 Å². The molecule has 2 nitrogen and oxygen atoms in total. The Morgan fingerprint density at radius 1 is 0.789 bits per heavy atom. The Morgan fingerprint density at radius 3 is 1.47 bits per heavy atom. The first-order chi connectivity index (χ1) is 9.06. The van der Waals surface area contributed by atoms with Crippen LogP contribution in [0.4, 0.5) is 0 Å². The van der Waals surface area contributed by atoms with Gasteiger partial charge in [0.1, 0.15) is 11.5 Å². The van der Waals surface area contributed by atoms with Crippen LogP contribution in [0.25, 0.3) is 0 Å². The summed E-state index contributed by atoms with van der Waals surface area (Å²) < 4.78 is 0. The highest BCUT2D eigenvalue weighted by molar-refractivity contribution is 5.46. The van der Waals surface area contributed by atoms with Crippen molar-refractivity contribution in [2.75, 3.05) is 0 Å². The lowest BCUT2D eigenvalue weighted by Gasteiger charge is -2.27. The van der Waals surface area contributed by atoms with Gasteiger partial charge in [-0.1, -0.05) is 36.4 Å². The molecular formula is C17H18O2. The summed E-state index contributed by atoms with van der Waals surface area (Å²) in [5.41, 5.74) is 1.90. The normalized spacial score (nSPS) is 11.9. The molecule has 0 radical (unpaired) electrons. The van der Waals surface area contributed by atoms with E-state index in [2.05, 4.69) is 13.0 Å². The van der Waals surface area contributed by atoms with Crippen molar-refractivity contribution in [3.05, 3.63) is 71.8 Å². The Kier molecular flexibility index (Phi) is 3.61. The average molecular weight is 254 g/mol. The molecule has 2 heteroatoms. The summed E-state index contributed by atoms with van der Waals surface area (Å²) in [6.07, 6.45) is 4.13. The molecular weight excluding hydrogens is 236 g/mol. The minimum Gasteiger partial charge on any atom is -0.508 e. The Labute approximate surface area is 113 Å². The van der Waals surface area contributed by atoms with Gasteiger partial charge in [-0.05, 0) is 49.2 Å². The zero-order valence-corrected chi connectivity index (χ0v) is 11.2. The molecule has 98 valence electrons. The second kappa shape index (κ2) is 5.19. The van der Waals surface area contributed by atoms with Crippen LogP contribution in [-0.2, 0) is 5.41 Å². The smallest absolute Gasteiger partial charge is 0.115 e. The van der Waals surface area contributed by atoms with Crippen molar-refractivity contribution in [2.45, 2.75) is 19.3 Å². The molecule has 2 aromatic carbocycles. The van der Waals surface area contributed by atoms with Gasteiger partial charge in [-0.15, -0.1) is 0 Å². The molecule has 2 N–H and O–H groups in total. The first-order valence-corrected chi connectivity index (χ1v) is 6.29. The molecule has 0 saturated heterocycles. The molecule has 19 heavy (non-hydrogen) atoms. The molecule has 2 rings (SSSR count). The third kappa shape index (κ3) is 2.63. The minimum absolute atomic E-state index is 0.261. The van der Waals surface area contributed by atoms with E-state index in [9.17, 15) is 10.2 Å². The first-order valence-electron chi connectivity index (χ1n) is 6.29. The molecule has 0 amide bonds. The van der Waals surface area contributed by atoms with Gasteiger partial charge in [-0.3, -0.25) is 0 Å². The van der Waals surface area contributed by atoms with Crippen molar-refractivity contribution in [3.8, 4) is 11.5 Å². The summed E-state index contributed by atoms with van der Waals surface area (Å²) in [5.74, 6) is 0.523.